The van der Waals surface area contributed by atoms with Crippen LogP contribution in [0.25, 0.3) is 0 Å². The number of benzene rings is 1. The molecule has 1 aromatic carbocycles. The lowest BCUT2D eigenvalue weighted by molar-refractivity contribution is 0.457. The third-order valence-corrected chi connectivity index (χ3v) is 3.57. The summed E-state index contributed by atoms with van der Waals surface area (Å²) in [7, 11) is 0. The Morgan fingerprint density at radius 2 is 2.14 bits per heavy atom. The van der Waals surface area contributed by atoms with Crippen molar-refractivity contribution in [3.8, 4) is 11.6 Å². The number of ether oxygens (including phenoxy) is 1. The maximum atomic E-state index is 13.0. The van der Waals surface area contributed by atoms with Crippen LogP contribution in [-0.4, -0.2) is 11.0 Å². The molecule has 0 fully saturated rings. The van der Waals surface area contributed by atoms with Crippen molar-refractivity contribution in [3.63, 3.8) is 0 Å². The van der Waals surface area contributed by atoms with Gasteiger partial charge in [-0.3, -0.25) is 0 Å². The molecule has 0 atom stereocenters. The van der Waals surface area contributed by atoms with Crippen LogP contribution in [0, 0.1) is 5.82 Å². The van der Waals surface area contributed by atoms with E-state index in [0.29, 0.717) is 27.8 Å². The van der Waals surface area contributed by atoms with Crippen molar-refractivity contribution >= 4 is 27.5 Å². The van der Waals surface area contributed by atoms with Crippen molar-refractivity contribution in [2.45, 2.75) is 26.4 Å². The van der Waals surface area contributed by atoms with E-state index < -0.39 is 0 Å². The van der Waals surface area contributed by atoms with E-state index >= 15 is 0 Å². The van der Waals surface area contributed by atoms with Gasteiger partial charge in [0.15, 0.2) is 0 Å². The summed E-state index contributed by atoms with van der Waals surface area (Å²) in [6.07, 6.45) is 1.70. The normalized spacial score (nSPS) is 11.0. The number of nitrogens with zero attached hydrogens (tertiary/aromatic N) is 1. The van der Waals surface area contributed by atoms with Crippen molar-refractivity contribution < 1.29 is 9.13 Å². The zero-order valence-electron chi connectivity index (χ0n) is 11.7. The first-order valence-corrected chi connectivity index (χ1v) is 7.63. The van der Waals surface area contributed by atoms with E-state index in [1.165, 1.54) is 18.2 Å². The van der Waals surface area contributed by atoms with Gasteiger partial charge >= 0.3 is 0 Å². The highest BCUT2D eigenvalue weighted by Gasteiger charge is 2.09. The summed E-state index contributed by atoms with van der Waals surface area (Å²) in [5, 5.41) is 3.70. The molecule has 0 amide bonds. The minimum absolute atomic E-state index is 0.289. The number of rotatable bonds is 5. The summed E-state index contributed by atoms with van der Waals surface area (Å²) in [4.78, 5) is 4.21. The van der Waals surface area contributed by atoms with Crippen LogP contribution in [0.5, 0.6) is 11.6 Å². The monoisotopic (exact) mass is 372 g/mol. The zero-order chi connectivity index (χ0) is 15.4. The minimum atomic E-state index is -0.344. The molecule has 0 aliphatic carbocycles. The molecule has 6 heteroatoms. The molecule has 1 heterocycles. The first-order valence-electron chi connectivity index (χ1n) is 6.46. The van der Waals surface area contributed by atoms with Crippen LogP contribution in [0.2, 0.25) is 5.02 Å². The Hall–Kier alpha value is -1.17. The number of nitrogens with one attached hydrogen (secondary N) is 1. The second-order valence-corrected chi connectivity index (χ2v) is 6.10. The van der Waals surface area contributed by atoms with Crippen LogP contribution < -0.4 is 10.1 Å². The molecule has 0 radical (unpaired) electrons. The Balaban J connectivity index is 2.13. The van der Waals surface area contributed by atoms with Gasteiger partial charge in [-0.1, -0.05) is 25.4 Å². The van der Waals surface area contributed by atoms with E-state index in [4.69, 9.17) is 16.3 Å². The highest BCUT2D eigenvalue weighted by atomic mass is 79.9. The lowest BCUT2D eigenvalue weighted by atomic mass is 10.2. The van der Waals surface area contributed by atoms with Crippen LogP contribution in [0.3, 0.4) is 0 Å². The molecule has 0 aliphatic rings. The fourth-order valence-corrected chi connectivity index (χ4v) is 2.28. The van der Waals surface area contributed by atoms with Crippen molar-refractivity contribution in [2.24, 2.45) is 0 Å². The van der Waals surface area contributed by atoms with E-state index in [-0.39, 0.29) is 11.7 Å². The lowest BCUT2D eigenvalue weighted by Gasteiger charge is -2.11. The topological polar surface area (TPSA) is 34.2 Å². The molecular formula is C15H15BrClFN2O. The van der Waals surface area contributed by atoms with Crippen molar-refractivity contribution in [2.75, 3.05) is 0 Å². The van der Waals surface area contributed by atoms with Crippen LogP contribution in [0.1, 0.15) is 19.4 Å². The van der Waals surface area contributed by atoms with Gasteiger partial charge < -0.3 is 10.1 Å². The molecule has 21 heavy (non-hydrogen) atoms. The van der Waals surface area contributed by atoms with E-state index in [9.17, 15) is 4.39 Å². The number of aromatic nitrogens is 1. The maximum absolute atomic E-state index is 13.0. The predicted molar refractivity (Wildman–Crippen MR) is 85.4 cm³/mol. The van der Waals surface area contributed by atoms with Gasteiger partial charge in [0, 0.05) is 18.8 Å². The van der Waals surface area contributed by atoms with Crippen LogP contribution >= 0.6 is 27.5 Å². The molecule has 0 saturated heterocycles. The molecule has 3 nitrogen and oxygen atoms in total. The molecule has 0 bridgehead atoms. The summed E-state index contributed by atoms with van der Waals surface area (Å²) in [6.45, 7) is 4.82. The fourth-order valence-electron chi connectivity index (χ4n) is 1.62. The molecule has 1 aromatic heterocycles. The lowest BCUT2D eigenvalue weighted by Crippen LogP contribution is -2.21. The smallest absolute Gasteiger partial charge is 0.238 e. The van der Waals surface area contributed by atoms with Gasteiger partial charge in [-0.15, -0.1) is 0 Å². The number of hydrogen-bond acceptors (Lipinski definition) is 3. The molecular weight excluding hydrogens is 359 g/mol. The third kappa shape index (κ3) is 4.66. The number of hydrogen-bond donors (Lipinski definition) is 1. The molecule has 1 N–H and O–H groups in total. The van der Waals surface area contributed by atoms with Crippen molar-refractivity contribution in [1.82, 2.24) is 10.3 Å². The molecule has 2 aromatic rings. The Labute approximate surface area is 136 Å². The average molecular weight is 374 g/mol. The van der Waals surface area contributed by atoms with Gasteiger partial charge in [0.2, 0.25) is 5.88 Å². The second kappa shape index (κ2) is 7.20. The second-order valence-electron chi connectivity index (χ2n) is 4.84. The first kappa shape index (κ1) is 16.2. The number of pyridine rings is 1. The Morgan fingerprint density at radius 3 is 2.76 bits per heavy atom. The van der Waals surface area contributed by atoms with Crippen molar-refractivity contribution in [3.05, 3.63) is 51.3 Å². The van der Waals surface area contributed by atoms with Gasteiger partial charge in [0.05, 0.1) is 4.47 Å². The summed E-state index contributed by atoms with van der Waals surface area (Å²) >= 11 is 9.41. The molecule has 0 spiro atoms. The molecule has 0 saturated carbocycles. The summed E-state index contributed by atoms with van der Waals surface area (Å²) < 4.78 is 19.1. The van der Waals surface area contributed by atoms with E-state index in [1.54, 1.807) is 12.3 Å². The standard InChI is InChI=1S/C15H15BrClFN2O/c1-9(2)19-7-10-5-13(17)15(20-8-10)21-14-4-3-11(18)6-12(14)16/h3-6,8-9,19H,7H2,1-2H3. The predicted octanol–water partition coefficient (Wildman–Crippen LogP) is 4.93. The minimum Gasteiger partial charge on any atom is -0.436 e. The van der Waals surface area contributed by atoms with Gasteiger partial charge in [-0.25, -0.2) is 9.37 Å². The van der Waals surface area contributed by atoms with Gasteiger partial charge in [0.25, 0.3) is 0 Å². The molecule has 0 unspecified atom stereocenters. The maximum Gasteiger partial charge on any atom is 0.238 e. The van der Waals surface area contributed by atoms with Crippen molar-refractivity contribution in [1.29, 1.82) is 0 Å². The number of halogens is 3. The Bertz CT molecular complexity index is 637. The van der Waals surface area contributed by atoms with E-state index in [0.717, 1.165) is 5.56 Å². The summed E-state index contributed by atoms with van der Waals surface area (Å²) in [6, 6.07) is 6.34. The highest BCUT2D eigenvalue weighted by molar-refractivity contribution is 9.10. The van der Waals surface area contributed by atoms with E-state index in [2.05, 4.69) is 40.1 Å². The average Bonchev–Trinajstić information content (AvgIpc) is 2.42. The van der Waals surface area contributed by atoms with Crippen LogP contribution in [-0.2, 0) is 6.54 Å². The largest absolute Gasteiger partial charge is 0.436 e. The molecule has 0 aliphatic heterocycles. The van der Waals surface area contributed by atoms with Gasteiger partial charge in [0.1, 0.15) is 16.6 Å². The van der Waals surface area contributed by atoms with Gasteiger partial charge in [-0.2, -0.15) is 0 Å². The Kier molecular flexibility index (Phi) is 5.56. The van der Waals surface area contributed by atoms with Crippen LogP contribution in [0.4, 0.5) is 4.39 Å². The Morgan fingerprint density at radius 1 is 1.38 bits per heavy atom. The highest BCUT2D eigenvalue weighted by Crippen LogP contribution is 2.32. The summed E-state index contributed by atoms with van der Waals surface area (Å²) in [5.74, 6) is 0.402. The van der Waals surface area contributed by atoms with Crippen LogP contribution in [0.15, 0.2) is 34.9 Å². The summed E-state index contributed by atoms with van der Waals surface area (Å²) in [5.41, 5.74) is 0.972. The quantitative estimate of drug-likeness (QED) is 0.807. The SMILES string of the molecule is CC(C)NCc1cnc(Oc2ccc(F)cc2Br)c(Cl)c1. The molecule has 112 valence electrons. The van der Waals surface area contributed by atoms with Gasteiger partial charge in [-0.05, 0) is 45.8 Å². The van der Waals surface area contributed by atoms with E-state index in [1.807, 2.05) is 0 Å². The zero-order valence-corrected chi connectivity index (χ0v) is 14.0. The first-order chi connectivity index (χ1) is 9.95. The third-order valence-electron chi connectivity index (χ3n) is 2.68. The molecule has 2 rings (SSSR count). The fraction of sp³-hybridized carbons (Fsp3) is 0.267.